The Morgan fingerprint density at radius 1 is 1.27 bits per heavy atom. The van der Waals surface area contributed by atoms with E-state index in [9.17, 15) is 32.5 Å². The number of amides is 1. The Kier molecular flexibility index (Phi) is 3.42. The lowest BCUT2D eigenvalue weighted by Crippen LogP contribution is -2.66. The molecule has 1 aliphatic rings. The molecule has 1 N–H and O–H groups in total. The SMILES string of the molecule is CC1(F)CC(F)(F)[C@@](C)(c2cc([N+](=O)[O-])ccc2F)NC1=O. The topological polar surface area (TPSA) is 72.2 Å². The van der Waals surface area contributed by atoms with Crippen LogP contribution in [0.1, 0.15) is 25.8 Å². The lowest BCUT2D eigenvalue weighted by molar-refractivity contribution is -0.385. The minimum atomic E-state index is -3.85. The van der Waals surface area contributed by atoms with Crippen molar-refractivity contribution in [1.82, 2.24) is 5.32 Å². The van der Waals surface area contributed by atoms with Gasteiger partial charge in [-0.15, -0.1) is 0 Å². The van der Waals surface area contributed by atoms with Crippen molar-refractivity contribution in [2.75, 3.05) is 0 Å². The molecule has 0 radical (unpaired) electrons. The van der Waals surface area contributed by atoms with Crippen LogP contribution in [0, 0.1) is 15.9 Å². The summed E-state index contributed by atoms with van der Waals surface area (Å²) in [7, 11) is 0. The van der Waals surface area contributed by atoms with Crippen LogP contribution in [0.5, 0.6) is 0 Å². The van der Waals surface area contributed by atoms with E-state index >= 15 is 0 Å². The number of carbonyl (C=O) groups is 1. The maximum absolute atomic E-state index is 14.3. The first kappa shape index (κ1) is 16.2. The first-order valence-corrected chi connectivity index (χ1v) is 6.24. The number of nitrogens with one attached hydrogen (secondary N) is 1. The van der Waals surface area contributed by atoms with Gasteiger partial charge in [0.1, 0.15) is 11.4 Å². The van der Waals surface area contributed by atoms with Crippen molar-refractivity contribution in [3.8, 4) is 0 Å². The molecule has 9 heteroatoms. The van der Waals surface area contributed by atoms with Crippen molar-refractivity contribution in [2.24, 2.45) is 0 Å². The fourth-order valence-electron chi connectivity index (χ4n) is 2.40. The number of rotatable bonds is 2. The van der Waals surface area contributed by atoms with Crippen molar-refractivity contribution < 1.29 is 27.3 Å². The van der Waals surface area contributed by atoms with E-state index in [1.807, 2.05) is 0 Å². The Bertz CT molecular complexity index is 663. The number of benzene rings is 1. The molecule has 0 aromatic heterocycles. The Labute approximate surface area is 122 Å². The monoisotopic (exact) mass is 320 g/mol. The van der Waals surface area contributed by atoms with Crippen molar-refractivity contribution >= 4 is 11.6 Å². The summed E-state index contributed by atoms with van der Waals surface area (Å²) >= 11 is 0. The van der Waals surface area contributed by atoms with E-state index in [1.165, 1.54) is 0 Å². The van der Waals surface area contributed by atoms with Crippen molar-refractivity contribution in [1.29, 1.82) is 0 Å². The van der Waals surface area contributed by atoms with E-state index in [4.69, 9.17) is 0 Å². The van der Waals surface area contributed by atoms with Crippen LogP contribution in [-0.2, 0) is 10.3 Å². The van der Waals surface area contributed by atoms with Gasteiger partial charge in [-0.1, -0.05) is 0 Å². The summed E-state index contributed by atoms with van der Waals surface area (Å²) in [5.41, 5.74) is -6.79. The number of alkyl halides is 3. The molecule has 1 amide bonds. The van der Waals surface area contributed by atoms with Gasteiger partial charge < -0.3 is 5.32 Å². The summed E-state index contributed by atoms with van der Waals surface area (Å²) in [6, 6.07) is 2.08. The van der Waals surface area contributed by atoms with Crippen LogP contribution in [-0.4, -0.2) is 22.4 Å². The van der Waals surface area contributed by atoms with Gasteiger partial charge in [-0.05, 0) is 19.9 Å². The summed E-state index contributed by atoms with van der Waals surface area (Å²) in [6.45, 7) is 1.50. The van der Waals surface area contributed by atoms with Gasteiger partial charge in [0.25, 0.3) is 17.5 Å². The average Bonchev–Trinajstić information content (AvgIpc) is 2.35. The number of carbonyl (C=O) groups excluding carboxylic acids is 1. The summed E-state index contributed by atoms with van der Waals surface area (Å²) < 4.78 is 56.4. The number of non-ortho nitro benzene ring substituents is 1. The Balaban J connectivity index is 2.61. The van der Waals surface area contributed by atoms with E-state index in [-0.39, 0.29) is 0 Å². The Hall–Kier alpha value is -2.19. The number of nitrogens with zero attached hydrogens (tertiary/aromatic N) is 1. The third-order valence-corrected chi connectivity index (χ3v) is 3.82. The summed E-state index contributed by atoms with van der Waals surface area (Å²) in [6.07, 6.45) is -1.45. The summed E-state index contributed by atoms with van der Waals surface area (Å²) in [5.74, 6) is -6.33. The van der Waals surface area contributed by atoms with Gasteiger partial charge >= 0.3 is 0 Å². The van der Waals surface area contributed by atoms with Gasteiger partial charge in [0.2, 0.25) is 0 Å². The maximum Gasteiger partial charge on any atom is 0.278 e. The zero-order valence-corrected chi connectivity index (χ0v) is 11.6. The number of piperidine rings is 1. The normalized spacial score (nSPS) is 30.7. The molecule has 2 atom stereocenters. The second-order valence-electron chi connectivity index (χ2n) is 5.58. The zero-order valence-electron chi connectivity index (χ0n) is 11.6. The lowest BCUT2D eigenvalue weighted by atomic mass is 9.76. The second kappa shape index (κ2) is 4.65. The highest BCUT2D eigenvalue weighted by molar-refractivity contribution is 5.87. The lowest BCUT2D eigenvalue weighted by Gasteiger charge is -2.45. The van der Waals surface area contributed by atoms with Gasteiger partial charge in [0, 0.05) is 17.7 Å². The highest BCUT2D eigenvalue weighted by Gasteiger charge is 2.63. The van der Waals surface area contributed by atoms with E-state index < -0.39 is 51.4 Å². The number of hydrogen-bond donors (Lipinski definition) is 1. The molecule has 22 heavy (non-hydrogen) atoms. The molecule has 1 fully saturated rings. The van der Waals surface area contributed by atoms with Crippen LogP contribution >= 0.6 is 0 Å². The van der Waals surface area contributed by atoms with Crippen molar-refractivity contribution in [2.45, 2.75) is 37.4 Å². The molecule has 1 aromatic rings. The fraction of sp³-hybridized carbons (Fsp3) is 0.462. The zero-order chi connectivity index (χ0) is 16.9. The van der Waals surface area contributed by atoms with Gasteiger partial charge in [-0.3, -0.25) is 14.9 Å². The van der Waals surface area contributed by atoms with Gasteiger partial charge in [-0.2, -0.15) is 0 Å². The van der Waals surface area contributed by atoms with Gasteiger partial charge in [0.05, 0.1) is 11.3 Å². The van der Waals surface area contributed by atoms with Crippen molar-refractivity contribution in [3.63, 3.8) is 0 Å². The number of halogens is 4. The molecule has 1 saturated heterocycles. The highest BCUT2D eigenvalue weighted by atomic mass is 19.3. The number of nitro benzene ring substituents is 1. The van der Waals surface area contributed by atoms with Gasteiger partial charge in [-0.25, -0.2) is 17.6 Å². The quantitative estimate of drug-likeness (QED) is 0.517. The predicted molar refractivity (Wildman–Crippen MR) is 67.6 cm³/mol. The molecular formula is C13H12F4N2O3. The third kappa shape index (κ3) is 2.30. The molecule has 0 spiro atoms. The van der Waals surface area contributed by atoms with Crippen molar-refractivity contribution in [3.05, 3.63) is 39.7 Å². The minimum absolute atomic E-state index is 0.615. The molecule has 5 nitrogen and oxygen atoms in total. The summed E-state index contributed by atoms with van der Waals surface area (Å²) in [4.78, 5) is 21.5. The molecule has 1 unspecified atom stereocenters. The van der Waals surface area contributed by atoms with E-state index in [1.54, 1.807) is 5.32 Å². The molecule has 1 heterocycles. The molecule has 1 aliphatic heterocycles. The van der Waals surface area contributed by atoms with Gasteiger partial charge in [0.15, 0.2) is 5.67 Å². The highest BCUT2D eigenvalue weighted by Crippen LogP contribution is 2.48. The molecule has 0 saturated carbocycles. The third-order valence-electron chi connectivity index (χ3n) is 3.82. The Morgan fingerprint density at radius 2 is 1.86 bits per heavy atom. The average molecular weight is 320 g/mol. The van der Waals surface area contributed by atoms with Crippen LogP contribution in [0.4, 0.5) is 23.2 Å². The Morgan fingerprint density at radius 3 is 2.41 bits per heavy atom. The molecule has 0 aliphatic carbocycles. The van der Waals surface area contributed by atoms with Crippen LogP contribution in [0.25, 0.3) is 0 Å². The molecule has 1 aromatic carbocycles. The summed E-state index contributed by atoms with van der Waals surface area (Å²) in [5, 5.41) is 12.5. The predicted octanol–water partition coefficient (Wildman–Crippen LogP) is 2.83. The number of hydrogen-bond acceptors (Lipinski definition) is 3. The second-order valence-corrected chi connectivity index (χ2v) is 5.58. The van der Waals surface area contributed by atoms with Crippen LogP contribution < -0.4 is 5.32 Å². The van der Waals surface area contributed by atoms with E-state index in [2.05, 4.69) is 0 Å². The fourth-order valence-corrected chi connectivity index (χ4v) is 2.40. The molecular weight excluding hydrogens is 308 g/mol. The molecule has 120 valence electrons. The smallest absolute Gasteiger partial charge is 0.278 e. The van der Waals surface area contributed by atoms with Crippen LogP contribution in [0.3, 0.4) is 0 Å². The van der Waals surface area contributed by atoms with Crippen LogP contribution in [0.2, 0.25) is 0 Å². The largest absolute Gasteiger partial charge is 0.338 e. The first-order chi connectivity index (χ1) is 9.91. The standard InChI is InChI=1S/C13H12F4N2O3/c1-11(15)6-13(16,17)12(2,18-10(11)20)8-5-7(19(21)22)3-4-9(8)14/h3-5H,6H2,1-2H3,(H,18,20)/t11?,12-/m1/s1. The minimum Gasteiger partial charge on any atom is -0.338 e. The van der Waals surface area contributed by atoms with Crippen LogP contribution in [0.15, 0.2) is 18.2 Å². The maximum atomic E-state index is 14.3. The van der Waals surface area contributed by atoms with E-state index in [0.29, 0.717) is 19.1 Å². The molecule has 0 bridgehead atoms. The molecule has 2 rings (SSSR count). The first-order valence-electron chi connectivity index (χ1n) is 6.24. The van der Waals surface area contributed by atoms with E-state index in [0.717, 1.165) is 13.0 Å². The number of nitro groups is 1.